The summed E-state index contributed by atoms with van der Waals surface area (Å²) in [6, 6.07) is 10.5. The largest absolute Gasteiger partial charge is 0.265 e. The molecule has 0 fully saturated rings. The summed E-state index contributed by atoms with van der Waals surface area (Å²) in [5, 5.41) is 0. The molecule has 2 aromatic rings. The number of aromatic nitrogens is 1. The Hall–Kier alpha value is -1.22. The van der Waals surface area contributed by atoms with Crippen LogP contribution in [0.1, 0.15) is 16.0 Å². The molecule has 0 amide bonds. The quantitative estimate of drug-likeness (QED) is 0.777. The molecular formula is C13H11BrFN. The Morgan fingerprint density at radius 2 is 1.69 bits per heavy atom. The minimum Gasteiger partial charge on any atom is -0.265 e. The molecule has 0 saturated carbocycles. The smallest absolute Gasteiger partial charge is 0.123 e. The first-order chi connectivity index (χ1) is 7.75. The Kier molecular flexibility index (Phi) is 3.67. The second-order valence-electron chi connectivity index (χ2n) is 3.58. The zero-order valence-corrected chi connectivity index (χ0v) is 10.2. The highest BCUT2D eigenvalue weighted by molar-refractivity contribution is 9.09. The fraction of sp³-hybridized carbons (Fsp3) is 0.154. The maximum Gasteiger partial charge on any atom is 0.123 e. The molecule has 1 nitrogen and oxygen atoms in total. The van der Waals surface area contributed by atoms with Gasteiger partial charge in [-0.15, -0.1) is 0 Å². The van der Waals surface area contributed by atoms with Crippen LogP contribution in [0.25, 0.3) is 0 Å². The third kappa shape index (κ3) is 2.89. The second-order valence-corrected chi connectivity index (χ2v) is 4.68. The lowest BCUT2D eigenvalue weighted by Crippen LogP contribution is -1.95. The van der Waals surface area contributed by atoms with Crippen molar-refractivity contribution in [1.29, 1.82) is 0 Å². The number of hydrogen-bond acceptors (Lipinski definition) is 1. The lowest BCUT2D eigenvalue weighted by molar-refractivity contribution is 0.627. The number of pyridine rings is 1. The molecule has 0 aliphatic carbocycles. The van der Waals surface area contributed by atoms with Gasteiger partial charge in [0.1, 0.15) is 5.82 Å². The van der Waals surface area contributed by atoms with Crippen LogP contribution in [0.2, 0.25) is 0 Å². The van der Waals surface area contributed by atoms with Crippen molar-refractivity contribution >= 4 is 15.9 Å². The van der Waals surface area contributed by atoms with Crippen molar-refractivity contribution < 1.29 is 4.39 Å². The minimum absolute atomic E-state index is 0.196. The third-order valence-electron chi connectivity index (χ3n) is 2.40. The van der Waals surface area contributed by atoms with E-state index in [0.29, 0.717) is 0 Å². The van der Waals surface area contributed by atoms with Crippen molar-refractivity contribution in [3.8, 4) is 0 Å². The molecule has 1 heterocycles. The van der Waals surface area contributed by atoms with Crippen LogP contribution in [0.4, 0.5) is 4.39 Å². The second kappa shape index (κ2) is 5.21. The number of nitrogens with zero attached hydrogens (tertiary/aromatic N) is 1. The number of alkyl halides is 1. The molecule has 0 aliphatic rings. The Labute approximate surface area is 102 Å². The van der Waals surface area contributed by atoms with E-state index >= 15 is 0 Å². The first-order valence-corrected chi connectivity index (χ1v) is 5.96. The number of rotatable bonds is 3. The topological polar surface area (TPSA) is 12.9 Å². The SMILES string of the molecule is Fc1ccc(C[C@H](Br)c2ccncc2)cc1. The maximum atomic E-state index is 12.7. The van der Waals surface area contributed by atoms with Gasteiger partial charge in [0.05, 0.1) is 0 Å². The molecule has 0 unspecified atom stereocenters. The van der Waals surface area contributed by atoms with Gasteiger partial charge in [-0.1, -0.05) is 28.1 Å². The summed E-state index contributed by atoms with van der Waals surface area (Å²) in [6.45, 7) is 0. The fourth-order valence-electron chi connectivity index (χ4n) is 1.52. The number of hydrogen-bond donors (Lipinski definition) is 0. The summed E-state index contributed by atoms with van der Waals surface area (Å²) in [7, 11) is 0. The fourth-order valence-corrected chi connectivity index (χ4v) is 2.20. The monoisotopic (exact) mass is 279 g/mol. The molecule has 1 aromatic heterocycles. The molecule has 0 spiro atoms. The summed E-state index contributed by atoms with van der Waals surface area (Å²) < 4.78 is 12.7. The van der Waals surface area contributed by atoms with E-state index in [1.165, 1.54) is 17.7 Å². The average molecular weight is 280 g/mol. The van der Waals surface area contributed by atoms with Crippen molar-refractivity contribution in [3.05, 3.63) is 65.7 Å². The van der Waals surface area contributed by atoms with Gasteiger partial charge < -0.3 is 0 Å². The van der Waals surface area contributed by atoms with Crippen LogP contribution in [-0.4, -0.2) is 4.98 Å². The van der Waals surface area contributed by atoms with E-state index in [-0.39, 0.29) is 10.6 Å². The van der Waals surface area contributed by atoms with E-state index < -0.39 is 0 Å². The van der Waals surface area contributed by atoms with E-state index in [1.54, 1.807) is 12.4 Å². The first-order valence-electron chi connectivity index (χ1n) is 5.04. The van der Waals surface area contributed by atoms with Gasteiger partial charge in [0.25, 0.3) is 0 Å². The highest BCUT2D eigenvalue weighted by atomic mass is 79.9. The molecule has 1 aromatic carbocycles. The molecule has 0 aliphatic heterocycles. The van der Waals surface area contributed by atoms with E-state index in [4.69, 9.17) is 0 Å². The van der Waals surface area contributed by atoms with Crippen LogP contribution in [0.3, 0.4) is 0 Å². The van der Waals surface area contributed by atoms with Crippen LogP contribution in [-0.2, 0) is 6.42 Å². The van der Waals surface area contributed by atoms with Gasteiger partial charge in [-0.25, -0.2) is 4.39 Å². The van der Waals surface area contributed by atoms with Crippen molar-refractivity contribution in [2.24, 2.45) is 0 Å². The van der Waals surface area contributed by atoms with Crippen molar-refractivity contribution in [2.45, 2.75) is 11.2 Å². The van der Waals surface area contributed by atoms with E-state index in [1.807, 2.05) is 24.3 Å². The standard InChI is InChI=1S/C13H11BrFN/c14-13(11-5-7-16-8-6-11)9-10-1-3-12(15)4-2-10/h1-8,13H,9H2/t13-/m0/s1. The third-order valence-corrected chi connectivity index (χ3v) is 3.25. The molecule has 16 heavy (non-hydrogen) atoms. The van der Waals surface area contributed by atoms with Crippen molar-refractivity contribution in [2.75, 3.05) is 0 Å². The molecule has 0 N–H and O–H groups in total. The highest BCUT2D eigenvalue weighted by Gasteiger charge is 2.07. The molecule has 1 atom stereocenters. The Balaban J connectivity index is 2.08. The van der Waals surface area contributed by atoms with Crippen LogP contribution < -0.4 is 0 Å². The molecule has 2 rings (SSSR count). The molecule has 0 bridgehead atoms. The summed E-state index contributed by atoms with van der Waals surface area (Å²) in [5.74, 6) is -0.196. The lowest BCUT2D eigenvalue weighted by Gasteiger charge is -2.09. The minimum atomic E-state index is -0.196. The Bertz CT molecular complexity index is 441. The van der Waals surface area contributed by atoms with E-state index in [2.05, 4.69) is 20.9 Å². The number of benzene rings is 1. The summed E-state index contributed by atoms with van der Waals surface area (Å²) >= 11 is 3.62. The van der Waals surface area contributed by atoms with Gasteiger partial charge in [0, 0.05) is 17.2 Å². The van der Waals surface area contributed by atoms with Gasteiger partial charge in [0.15, 0.2) is 0 Å². The van der Waals surface area contributed by atoms with Crippen LogP contribution >= 0.6 is 15.9 Å². The van der Waals surface area contributed by atoms with Gasteiger partial charge in [-0.05, 0) is 41.8 Å². The zero-order valence-electron chi connectivity index (χ0n) is 8.61. The van der Waals surface area contributed by atoms with Crippen LogP contribution in [0.5, 0.6) is 0 Å². The van der Waals surface area contributed by atoms with Crippen LogP contribution in [0.15, 0.2) is 48.8 Å². The van der Waals surface area contributed by atoms with Gasteiger partial charge >= 0.3 is 0 Å². The lowest BCUT2D eigenvalue weighted by atomic mass is 10.1. The summed E-state index contributed by atoms with van der Waals surface area (Å²) in [5.41, 5.74) is 2.29. The summed E-state index contributed by atoms with van der Waals surface area (Å²) in [6.07, 6.45) is 4.38. The highest BCUT2D eigenvalue weighted by Crippen LogP contribution is 2.26. The Morgan fingerprint density at radius 1 is 1.06 bits per heavy atom. The van der Waals surface area contributed by atoms with Gasteiger partial charge in [0.2, 0.25) is 0 Å². The van der Waals surface area contributed by atoms with Crippen molar-refractivity contribution in [3.63, 3.8) is 0 Å². The van der Waals surface area contributed by atoms with E-state index in [9.17, 15) is 4.39 Å². The predicted molar refractivity (Wildman–Crippen MR) is 66.0 cm³/mol. The average Bonchev–Trinajstić information content (AvgIpc) is 2.33. The van der Waals surface area contributed by atoms with Gasteiger partial charge in [-0.3, -0.25) is 4.98 Å². The molecular weight excluding hydrogens is 269 g/mol. The normalized spacial score (nSPS) is 12.4. The van der Waals surface area contributed by atoms with Crippen LogP contribution in [0, 0.1) is 5.82 Å². The maximum absolute atomic E-state index is 12.7. The molecule has 0 saturated heterocycles. The van der Waals surface area contributed by atoms with E-state index in [0.717, 1.165) is 12.0 Å². The molecule has 0 radical (unpaired) electrons. The zero-order chi connectivity index (χ0) is 11.4. The predicted octanol–water partition coefficient (Wildman–Crippen LogP) is 3.90. The summed E-state index contributed by atoms with van der Waals surface area (Å²) in [4.78, 5) is 4.21. The van der Waals surface area contributed by atoms with Gasteiger partial charge in [-0.2, -0.15) is 0 Å². The number of halogens is 2. The first kappa shape index (κ1) is 11.3. The Morgan fingerprint density at radius 3 is 2.31 bits per heavy atom. The molecule has 82 valence electrons. The van der Waals surface area contributed by atoms with Crippen molar-refractivity contribution in [1.82, 2.24) is 4.98 Å². The molecule has 3 heteroatoms.